The van der Waals surface area contributed by atoms with Crippen LogP contribution in [0, 0.1) is 6.92 Å². The maximum absolute atomic E-state index is 12.1. The van der Waals surface area contributed by atoms with E-state index in [1.165, 1.54) is 5.56 Å². The number of halogens is 2. The average Bonchev–Trinajstić information content (AvgIpc) is 2.79. The second-order valence-corrected chi connectivity index (χ2v) is 9.33. The van der Waals surface area contributed by atoms with E-state index < -0.39 is 10.0 Å². The molecular weight excluding hydrogens is 470 g/mol. The third-order valence-electron chi connectivity index (χ3n) is 3.96. The van der Waals surface area contributed by atoms with E-state index in [0.717, 1.165) is 33.9 Å². The average molecular weight is 487 g/mol. The van der Waals surface area contributed by atoms with E-state index in [1.807, 2.05) is 12.3 Å². The van der Waals surface area contributed by atoms with E-state index in [9.17, 15) is 8.42 Å². The largest absolute Gasteiger partial charge is 0.267 e. The van der Waals surface area contributed by atoms with Crippen molar-refractivity contribution in [3.8, 4) is 0 Å². The lowest BCUT2D eigenvalue weighted by molar-refractivity contribution is 0.595. The second-order valence-electron chi connectivity index (χ2n) is 5.85. The van der Waals surface area contributed by atoms with Crippen LogP contribution < -0.4 is 4.72 Å². The van der Waals surface area contributed by atoms with Gasteiger partial charge in [0.05, 0.1) is 4.90 Å². The molecule has 0 saturated heterocycles. The summed E-state index contributed by atoms with van der Waals surface area (Å²) >= 11 is 6.72. The lowest BCUT2D eigenvalue weighted by atomic mass is 10.1. The number of rotatable bonds is 5. The number of unbranched alkanes of at least 4 members (excludes halogenated alkanes) is 1. The summed E-state index contributed by atoms with van der Waals surface area (Å²) in [4.78, 5) is 9.15. The van der Waals surface area contributed by atoms with Crippen LogP contribution in [0.4, 0.5) is 0 Å². The van der Waals surface area contributed by atoms with Crippen LogP contribution >= 0.6 is 31.9 Å². The Morgan fingerprint density at radius 1 is 1.16 bits per heavy atom. The van der Waals surface area contributed by atoms with Gasteiger partial charge in [-0.1, -0.05) is 15.9 Å². The van der Waals surface area contributed by atoms with Gasteiger partial charge in [-0.25, -0.2) is 8.42 Å². The van der Waals surface area contributed by atoms with Gasteiger partial charge in [-0.3, -0.25) is 14.7 Å². The minimum atomic E-state index is -3.50. The molecule has 1 aromatic heterocycles. The van der Waals surface area contributed by atoms with Crippen LogP contribution in [0.2, 0.25) is 0 Å². The van der Waals surface area contributed by atoms with Crippen molar-refractivity contribution in [1.82, 2.24) is 9.71 Å². The normalized spacial score (nSPS) is 16.7. The van der Waals surface area contributed by atoms with Crippen molar-refractivity contribution in [1.29, 1.82) is 0 Å². The van der Waals surface area contributed by atoms with Gasteiger partial charge in [0.2, 0.25) is 0 Å². The zero-order chi connectivity index (χ0) is 18.0. The van der Waals surface area contributed by atoms with E-state index in [-0.39, 0.29) is 4.90 Å². The summed E-state index contributed by atoms with van der Waals surface area (Å²) < 4.78 is 28.5. The minimum Gasteiger partial charge on any atom is -0.267 e. The predicted octanol–water partition coefficient (Wildman–Crippen LogP) is 3.98. The van der Waals surface area contributed by atoms with E-state index in [2.05, 4.69) is 59.5 Å². The number of nitrogens with one attached hydrogen (secondary N) is 1. The van der Waals surface area contributed by atoms with Crippen molar-refractivity contribution < 1.29 is 8.42 Å². The summed E-state index contributed by atoms with van der Waals surface area (Å²) in [6.07, 6.45) is 4.52. The van der Waals surface area contributed by atoms with Gasteiger partial charge >= 0.3 is 0 Å². The highest BCUT2D eigenvalue weighted by molar-refractivity contribution is 9.10. The molecule has 0 unspecified atom stereocenters. The molecule has 0 atom stereocenters. The number of aryl methyl sites for hydroxylation is 2. The van der Waals surface area contributed by atoms with Crippen molar-refractivity contribution in [2.75, 3.05) is 6.54 Å². The SMILES string of the molecule is Cc1cc(Br)cnc1CCCCN=C1NS(=O)(=O)c2cc(Br)ccc21. The predicted molar refractivity (Wildman–Crippen MR) is 105 cm³/mol. The monoisotopic (exact) mass is 485 g/mol. The van der Waals surface area contributed by atoms with Gasteiger partial charge in [0, 0.05) is 32.9 Å². The minimum absolute atomic E-state index is 0.273. The number of pyridine rings is 1. The molecule has 0 spiro atoms. The first kappa shape index (κ1) is 18.5. The van der Waals surface area contributed by atoms with Crippen LogP contribution in [0.3, 0.4) is 0 Å². The molecule has 1 aliphatic heterocycles. The van der Waals surface area contributed by atoms with Crippen LogP contribution in [0.1, 0.15) is 29.7 Å². The molecule has 0 fully saturated rings. The molecule has 1 aliphatic rings. The number of nitrogens with zero attached hydrogens (tertiary/aromatic N) is 2. The van der Waals surface area contributed by atoms with Crippen LogP contribution in [0.5, 0.6) is 0 Å². The van der Waals surface area contributed by atoms with Crippen molar-refractivity contribution >= 4 is 47.7 Å². The third kappa shape index (κ3) is 4.30. The lowest BCUT2D eigenvalue weighted by Gasteiger charge is -2.05. The zero-order valence-corrected chi connectivity index (χ0v) is 17.6. The summed E-state index contributed by atoms with van der Waals surface area (Å²) in [6, 6.07) is 7.25. The molecule has 25 heavy (non-hydrogen) atoms. The Balaban J connectivity index is 1.61. The Bertz CT molecular complexity index is 943. The fraction of sp³-hybridized carbons (Fsp3) is 0.294. The molecule has 1 aromatic carbocycles. The molecule has 0 radical (unpaired) electrons. The van der Waals surface area contributed by atoms with Crippen molar-refractivity contribution in [3.05, 3.63) is 56.2 Å². The Morgan fingerprint density at radius 3 is 2.72 bits per heavy atom. The van der Waals surface area contributed by atoms with Gasteiger partial charge in [-0.15, -0.1) is 0 Å². The van der Waals surface area contributed by atoms with Gasteiger partial charge in [0.15, 0.2) is 0 Å². The van der Waals surface area contributed by atoms with Gasteiger partial charge in [-0.05, 0) is 71.9 Å². The lowest BCUT2D eigenvalue weighted by Crippen LogP contribution is -2.22. The molecule has 132 valence electrons. The van der Waals surface area contributed by atoms with Crippen LogP contribution in [0.15, 0.2) is 49.3 Å². The van der Waals surface area contributed by atoms with Crippen LogP contribution in [0.25, 0.3) is 0 Å². The Hall–Kier alpha value is -1.25. The first-order valence-corrected chi connectivity index (χ1v) is 10.9. The number of sulfonamides is 1. The molecule has 0 bridgehead atoms. The summed E-state index contributed by atoms with van der Waals surface area (Å²) in [5, 5.41) is 0. The van der Waals surface area contributed by atoms with Crippen molar-refractivity contribution in [2.45, 2.75) is 31.1 Å². The highest BCUT2D eigenvalue weighted by atomic mass is 79.9. The Kier molecular flexibility index (Phi) is 5.60. The molecule has 5 nitrogen and oxygen atoms in total. The number of aliphatic imine (C=N–C) groups is 1. The number of benzene rings is 1. The number of hydrogen-bond acceptors (Lipinski definition) is 4. The van der Waals surface area contributed by atoms with Gasteiger partial charge in [0.25, 0.3) is 10.0 Å². The van der Waals surface area contributed by atoms with E-state index >= 15 is 0 Å². The fourth-order valence-electron chi connectivity index (χ4n) is 2.69. The summed E-state index contributed by atoms with van der Waals surface area (Å²) in [7, 11) is -3.50. The quantitative estimate of drug-likeness (QED) is 0.649. The Morgan fingerprint density at radius 2 is 1.96 bits per heavy atom. The molecule has 8 heteroatoms. The number of aromatic nitrogens is 1. The molecule has 0 amide bonds. The number of hydrogen-bond donors (Lipinski definition) is 1. The van der Waals surface area contributed by atoms with Gasteiger partial charge in [0.1, 0.15) is 5.84 Å². The first-order valence-electron chi connectivity index (χ1n) is 7.85. The fourth-order valence-corrected chi connectivity index (χ4v) is 4.93. The Labute approximate surface area is 164 Å². The smallest absolute Gasteiger partial charge is 0.263 e. The highest BCUT2D eigenvalue weighted by Gasteiger charge is 2.30. The maximum atomic E-state index is 12.1. The maximum Gasteiger partial charge on any atom is 0.263 e. The van der Waals surface area contributed by atoms with E-state index in [0.29, 0.717) is 17.9 Å². The summed E-state index contributed by atoms with van der Waals surface area (Å²) in [5.41, 5.74) is 2.89. The van der Waals surface area contributed by atoms with E-state index in [1.54, 1.807) is 12.1 Å². The molecule has 0 saturated carbocycles. The molecule has 2 heterocycles. The van der Waals surface area contributed by atoms with Gasteiger partial charge in [-0.2, -0.15) is 0 Å². The molecular formula is C17H17Br2N3O2S. The third-order valence-corrected chi connectivity index (χ3v) is 6.27. The highest BCUT2D eigenvalue weighted by Crippen LogP contribution is 2.26. The molecule has 2 aromatic rings. The second kappa shape index (κ2) is 7.55. The number of fused-ring (bicyclic) bond motifs is 1. The van der Waals surface area contributed by atoms with E-state index in [4.69, 9.17) is 0 Å². The first-order chi connectivity index (χ1) is 11.9. The van der Waals surface area contributed by atoms with Crippen molar-refractivity contribution in [3.63, 3.8) is 0 Å². The zero-order valence-electron chi connectivity index (χ0n) is 13.6. The summed E-state index contributed by atoms with van der Waals surface area (Å²) in [5.74, 6) is 0.431. The van der Waals surface area contributed by atoms with Crippen molar-refractivity contribution in [2.24, 2.45) is 4.99 Å². The molecule has 1 N–H and O–H groups in total. The topological polar surface area (TPSA) is 71.4 Å². The van der Waals surface area contributed by atoms with Gasteiger partial charge < -0.3 is 0 Å². The molecule has 3 rings (SSSR count). The standard InChI is InChI=1S/C17H17Br2N3O2S/c1-11-8-13(19)10-21-15(11)4-2-3-7-20-17-14-6-5-12(18)9-16(14)25(23,24)22-17/h5-6,8-10H,2-4,7H2,1H3,(H,20,22). The van der Waals surface area contributed by atoms with Crippen LogP contribution in [-0.4, -0.2) is 25.8 Å². The number of amidine groups is 1. The van der Waals surface area contributed by atoms with Crippen LogP contribution in [-0.2, 0) is 16.4 Å². The molecule has 0 aliphatic carbocycles. The summed E-state index contributed by atoms with van der Waals surface area (Å²) in [6.45, 7) is 2.62.